The maximum atomic E-state index is 5.63. The Morgan fingerprint density at radius 3 is 3.14 bits per heavy atom. The highest BCUT2D eigenvalue weighted by atomic mass is 16.6. The van der Waals surface area contributed by atoms with Gasteiger partial charge in [-0.25, -0.2) is 4.98 Å². The van der Waals surface area contributed by atoms with Gasteiger partial charge in [0.15, 0.2) is 0 Å². The fourth-order valence-corrected chi connectivity index (χ4v) is 1.24. The van der Waals surface area contributed by atoms with E-state index in [1.54, 1.807) is 6.20 Å². The van der Waals surface area contributed by atoms with E-state index in [1.165, 1.54) is 0 Å². The molecule has 14 heavy (non-hydrogen) atoms. The minimum absolute atomic E-state index is 0.215. The Labute approximate surface area is 83.2 Å². The van der Waals surface area contributed by atoms with Crippen LogP contribution >= 0.6 is 0 Å². The van der Waals surface area contributed by atoms with Gasteiger partial charge in [0.05, 0.1) is 13.2 Å². The molecule has 4 heteroatoms. The predicted molar refractivity (Wildman–Crippen MR) is 53.6 cm³/mol. The van der Waals surface area contributed by atoms with Crippen LogP contribution in [0, 0.1) is 0 Å². The number of pyridine rings is 1. The van der Waals surface area contributed by atoms with E-state index < -0.39 is 0 Å². The molecule has 0 radical (unpaired) electrons. The average Bonchev–Trinajstić information content (AvgIpc) is 2.13. The van der Waals surface area contributed by atoms with Crippen LogP contribution in [0.25, 0.3) is 0 Å². The summed E-state index contributed by atoms with van der Waals surface area (Å²) in [5.74, 6) is 1.70. The summed E-state index contributed by atoms with van der Waals surface area (Å²) in [6.07, 6.45) is 1.96. The van der Waals surface area contributed by atoms with Crippen molar-refractivity contribution in [2.24, 2.45) is 0 Å². The first-order valence-electron chi connectivity index (χ1n) is 4.83. The van der Waals surface area contributed by atoms with Gasteiger partial charge in [0, 0.05) is 18.8 Å². The van der Waals surface area contributed by atoms with E-state index >= 15 is 0 Å². The van der Waals surface area contributed by atoms with E-state index in [9.17, 15) is 0 Å². The molecular formula is C10H14N2O2. The van der Waals surface area contributed by atoms with E-state index in [0.29, 0.717) is 13.2 Å². The second-order valence-corrected chi connectivity index (χ2v) is 3.18. The molecular weight excluding hydrogens is 180 g/mol. The third-order valence-corrected chi connectivity index (χ3v) is 2.00. The molecule has 1 aliphatic heterocycles. The van der Waals surface area contributed by atoms with E-state index in [4.69, 9.17) is 9.47 Å². The van der Waals surface area contributed by atoms with Crippen LogP contribution in [-0.2, 0) is 4.74 Å². The summed E-state index contributed by atoms with van der Waals surface area (Å²) in [7, 11) is 0. The molecule has 2 rings (SSSR count). The van der Waals surface area contributed by atoms with Crippen LogP contribution < -0.4 is 10.1 Å². The predicted octanol–water partition coefficient (Wildman–Crippen LogP) is 1.29. The molecule has 1 aromatic heterocycles. The lowest BCUT2D eigenvalue weighted by Gasteiger charge is -2.26. The zero-order chi connectivity index (χ0) is 9.80. The third-order valence-electron chi connectivity index (χ3n) is 2.00. The zero-order valence-electron chi connectivity index (χ0n) is 8.19. The molecule has 1 N–H and O–H groups in total. The van der Waals surface area contributed by atoms with Gasteiger partial charge in [-0.05, 0) is 13.0 Å². The zero-order valence-corrected chi connectivity index (χ0v) is 8.19. The van der Waals surface area contributed by atoms with Gasteiger partial charge in [0.2, 0.25) is 0 Å². The van der Waals surface area contributed by atoms with Crippen molar-refractivity contribution >= 4 is 5.82 Å². The van der Waals surface area contributed by atoms with Gasteiger partial charge in [-0.2, -0.15) is 0 Å². The van der Waals surface area contributed by atoms with Crippen molar-refractivity contribution in [3.8, 4) is 5.75 Å². The maximum absolute atomic E-state index is 5.63. The van der Waals surface area contributed by atoms with Gasteiger partial charge < -0.3 is 14.8 Å². The summed E-state index contributed by atoms with van der Waals surface area (Å²) in [6, 6.07) is 3.76. The van der Waals surface area contributed by atoms with Crippen LogP contribution in [-0.4, -0.2) is 30.8 Å². The normalized spacial score (nSPS) is 16.1. The van der Waals surface area contributed by atoms with Gasteiger partial charge in [-0.3, -0.25) is 0 Å². The summed E-state index contributed by atoms with van der Waals surface area (Å²) >= 11 is 0. The Morgan fingerprint density at radius 1 is 1.64 bits per heavy atom. The fraction of sp³-hybridized carbons (Fsp3) is 0.500. The van der Waals surface area contributed by atoms with E-state index in [1.807, 2.05) is 19.1 Å². The van der Waals surface area contributed by atoms with Gasteiger partial charge in [0.25, 0.3) is 0 Å². The van der Waals surface area contributed by atoms with Crippen molar-refractivity contribution in [2.45, 2.75) is 13.0 Å². The number of nitrogens with one attached hydrogen (secondary N) is 1. The molecule has 1 aromatic rings. The molecule has 0 spiro atoms. The number of ether oxygens (including phenoxy) is 2. The van der Waals surface area contributed by atoms with Crippen LogP contribution in [0.4, 0.5) is 5.82 Å². The highest BCUT2D eigenvalue weighted by Gasteiger charge is 2.19. The quantitative estimate of drug-likeness (QED) is 0.784. The lowest BCUT2D eigenvalue weighted by Crippen LogP contribution is -2.38. The van der Waals surface area contributed by atoms with Crippen molar-refractivity contribution in [3.05, 3.63) is 18.3 Å². The van der Waals surface area contributed by atoms with Gasteiger partial charge in [0.1, 0.15) is 17.7 Å². The van der Waals surface area contributed by atoms with Crippen LogP contribution in [0.1, 0.15) is 6.92 Å². The highest BCUT2D eigenvalue weighted by molar-refractivity contribution is 5.40. The number of hydrogen-bond acceptors (Lipinski definition) is 4. The van der Waals surface area contributed by atoms with Crippen molar-refractivity contribution in [1.82, 2.24) is 4.98 Å². The van der Waals surface area contributed by atoms with Crippen LogP contribution in [0.2, 0.25) is 0 Å². The number of rotatable bonds is 4. The lowest BCUT2D eigenvalue weighted by atomic mass is 10.3. The van der Waals surface area contributed by atoms with E-state index in [-0.39, 0.29) is 6.10 Å². The molecule has 0 unspecified atom stereocenters. The van der Waals surface area contributed by atoms with Gasteiger partial charge >= 0.3 is 0 Å². The molecule has 4 nitrogen and oxygen atoms in total. The molecule has 1 aliphatic rings. The first-order chi connectivity index (χ1) is 6.88. The molecule has 0 atom stereocenters. The van der Waals surface area contributed by atoms with Crippen molar-refractivity contribution < 1.29 is 9.47 Å². The van der Waals surface area contributed by atoms with Crippen LogP contribution in [0.15, 0.2) is 18.3 Å². The monoisotopic (exact) mass is 194 g/mol. The Balaban J connectivity index is 1.97. The van der Waals surface area contributed by atoms with Crippen molar-refractivity contribution in [1.29, 1.82) is 0 Å². The standard InChI is InChI=1S/C10H14N2O2/c1-2-11-10-5-8(3-4-12-10)14-9-6-13-7-9/h3-5,9H,2,6-7H2,1H3,(H,11,12). The van der Waals surface area contributed by atoms with E-state index in [2.05, 4.69) is 10.3 Å². The number of aromatic nitrogens is 1. The Bertz CT molecular complexity index is 300. The summed E-state index contributed by atoms with van der Waals surface area (Å²) < 4.78 is 10.7. The molecule has 0 aliphatic carbocycles. The Morgan fingerprint density at radius 2 is 2.50 bits per heavy atom. The molecule has 1 fully saturated rings. The maximum Gasteiger partial charge on any atom is 0.145 e. The summed E-state index contributed by atoms with van der Waals surface area (Å²) in [4.78, 5) is 4.16. The minimum Gasteiger partial charge on any atom is -0.485 e. The molecule has 0 saturated carbocycles. The number of nitrogens with zero attached hydrogens (tertiary/aromatic N) is 1. The molecule has 0 amide bonds. The molecule has 1 saturated heterocycles. The number of anilines is 1. The minimum atomic E-state index is 0.215. The topological polar surface area (TPSA) is 43.4 Å². The second-order valence-electron chi connectivity index (χ2n) is 3.18. The van der Waals surface area contributed by atoms with Gasteiger partial charge in [-0.1, -0.05) is 0 Å². The second kappa shape index (κ2) is 4.28. The molecule has 0 aromatic carbocycles. The molecule has 2 heterocycles. The highest BCUT2D eigenvalue weighted by Crippen LogP contribution is 2.18. The fourth-order valence-electron chi connectivity index (χ4n) is 1.24. The van der Waals surface area contributed by atoms with Crippen LogP contribution in [0.5, 0.6) is 5.75 Å². The lowest BCUT2D eigenvalue weighted by molar-refractivity contribution is -0.0796. The average molecular weight is 194 g/mol. The van der Waals surface area contributed by atoms with Crippen LogP contribution in [0.3, 0.4) is 0 Å². The Kier molecular flexibility index (Phi) is 2.84. The molecule has 0 bridgehead atoms. The van der Waals surface area contributed by atoms with Gasteiger partial charge in [-0.15, -0.1) is 0 Å². The first-order valence-corrected chi connectivity index (χ1v) is 4.83. The summed E-state index contributed by atoms with van der Waals surface area (Å²) in [6.45, 7) is 4.29. The summed E-state index contributed by atoms with van der Waals surface area (Å²) in [5, 5.41) is 3.13. The Hall–Kier alpha value is -1.29. The first kappa shape index (κ1) is 9.27. The van der Waals surface area contributed by atoms with Crippen molar-refractivity contribution in [2.75, 3.05) is 25.1 Å². The summed E-state index contributed by atoms with van der Waals surface area (Å²) in [5.41, 5.74) is 0. The largest absolute Gasteiger partial charge is 0.485 e. The smallest absolute Gasteiger partial charge is 0.145 e. The van der Waals surface area contributed by atoms with E-state index in [0.717, 1.165) is 18.1 Å². The molecule has 76 valence electrons. The number of hydrogen-bond donors (Lipinski definition) is 1. The van der Waals surface area contributed by atoms with Crippen molar-refractivity contribution in [3.63, 3.8) is 0 Å². The SMILES string of the molecule is CCNc1cc(OC2COC2)ccn1. The third kappa shape index (κ3) is 2.14.